The van der Waals surface area contributed by atoms with Crippen molar-refractivity contribution in [1.82, 2.24) is 10.2 Å². The molecule has 1 fully saturated rings. The second-order valence-electron chi connectivity index (χ2n) is 5.93. The quantitative estimate of drug-likeness (QED) is 0.887. The maximum Gasteiger partial charge on any atom is 0.257 e. The molecule has 2 aromatic rings. The zero-order valence-corrected chi connectivity index (χ0v) is 15.3. The van der Waals surface area contributed by atoms with E-state index in [1.165, 1.54) is 26.4 Å². The third-order valence-corrected chi connectivity index (χ3v) is 4.82. The molecule has 0 radical (unpaired) electrons. The molecule has 7 heteroatoms. The van der Waals surface area contributed by atoms with Crippen LogP contribution in [0.3, 0.4) is 0 Å². The average Bonchev–Trinajstić information content (AvgIpc) is 2.67. The third kappa shape index (κ3) is 3.48. The van der Waals surface area contributed by atoms with Crippen LogP contribution in [-0.4, -0.2) is 44.7 Å². The van der Waals surface area contributed by atoms with E-state index in [0.29, 0.717) is 30.4 Å². The second kappa shape index (κ2) is 7.93. The highest BCUT2D eigenvalue weighted by atomic mass is 35.5. The Morgan fingerprint density at radius 3 is 2.62 bits per heavy atom. The lowest BCUT2D eigenvalue weighted by molar-refractivity contribution is 0.0629. The Labute approximate surface area is 156 Å². The van der Waals surface area contributed by atoms with E-state index in [1.54, 1.807) is 11.0 Å². The van der Waals surface area contributed by atoms with Gasteiger partial charge in [-0.15, -0.1) is 0 Å². The van der Waals surface area contributed by atoms with Gasteiger partial charge < -0.3 is 19.7 Å². The zero-order valence-electron chi connectivity index (χ0n) is 14.6. The molecule has 1 atom stereocenters. The molecule has 0 aliphatic carbocycles. The Balaban J connectivity index is 1.98. The Morgan fingerprint density at radius 1 is 1.23 bits per heavy atom. The molecule has 1 aliphatic rings. The zero-order chi connectivity index (χ0) is 18.7. The molecule has 138 valence electrons. The fourth-order valence-corrected chi connectivity index (χ4v) is 3.41. The van der Waals surface area contributed by atoms with Crippen molar-refractivity contribution in [2.24, 2.45) is 0 Å². The smallest absolute Gasteiger partial charge is 0.257 e. The molecule has 0 aromatic heterocycles. The van der Waals surface area contributed by atoms with Crippen LogP contribution in [0.15, 0.2) is 36.4 Å². The van der Waals surface area contributed by atoms with Crippen LogP contribution in [0.1, 0.15) is 22.0 Å². The standard InChI is InChI=1S/C19H20ClFN2O3/c1-25-17-9-13(15(21)10-18(17)26-2)19(24)23-8-7-22-11-16(23)12-5-3-4-6-14(12)20/h3-6,9-10,16,22H,7-8,11H2,1-2H3. The monoisotopic (exact) mass is 378 g/mol. The van der Waals surface area contributed by atoms with Crippen molar-refractivity contribution >= 4 is 17.5 Å². The van der Waals surface area contributed by atoms with Crippen LogP contribution in [0.25, 0.3) is 0 Å². The highest BCUT2D eigenvalue weighted by Crippen LogP contribution is 2.33. The first-order chi connectivity index (χ1) is 12.6. The van der Waals surface area contributed by atoms with Crippen molar-refractivity contribution in [2.75, 3.05) is 33.9 Å². The molecule has 2 aromatic carbocycles. The molecule has 1 N–H and O–H groups in total. The van der Waals surface area contributed by atoms with Crippen molar-refractivity contribution in [1.29, 1.82) is 0 Å². The van der Waals surface area contributed by atoms with Gasteiger partial charge in [0, 0.05) is 30.7 Å². The minimum absolute atomic E-state index is 0.0541. The number of carbonyl (C=O) groups excluding carboxylic acids is 1. The Hall–Kier alpha value is -2.31. The molecule has 1 heterocycles. The van der Waals surface area contributed by atoms with E-state index in [2.05, 4.69) is 5.32 Å². The number of nitrogens with zero attached hydrogens (tertiary/aromatic N) is 1. The molecule has 1 aliphatic heterocycles. The molecule has 3 rings (SSSR count). The summed E-state index contributed by atoms with van der Waals surface area (Å²) >= 11 is 6.32. The van der Waals surface area contributed by atoms with Crippen molar-refractivity contribution in [3.63, 3.8) is 0 Å². The molecular formula is C19H20ClFN2O3. The number of nitrogens with one attached hydrogen (secondary N) is 1. The fourth-order valence-electron chi connectivity index (χ4n) is 3.14. The van der Waals surface area contributed by atoms with Gasteiger partial charge in [-0.2, -0.15) is 0 Å². The number of rotatable bonds is 4. The van der Waals surface area contributed by atoms with E-state index in [9.17, 15) is 9.18 Å². The van der Waals surface area contributed by atoms with Gasteiger partial charge in [0.2, 0.25) is 0 Å². The number of hydrogen-bond acceptors (Lipinski definition) is 4. The van der Waals surface area contributed by atoms with E-state index in [-0.39, 0.29) is 17.4 Å². The lowest BCUT2D eigenvalue weighted by Gasteiger charge is -2.37. The predicted molar refractivity (Wildman–Crippen MR) is 97.6 cm³/mol. The first kappa shape index (κ1) is 18.5. The summed E-state index contributed by atoms with van der Waals surface area (Å²) in [5.41, 5.74) is 0.775. The SMILES string of the molecule is COc1cc(F)c(C(=O)N2CCNCC2c2ccccc2Cl)cc1OC. The van der Waals surface area contributed by atoms with Gasteiger partial charge in [-0.05, 0) is 17.7 Å². The van der Waals surface area contributed by atoms with Crippen LogP contribution in [0.5, 0.6) is 11.5 Å². The molecule has 1 amide bonds. The van der Waals surface area contributed by atoms with E-state index in [0.717, 1.165) is 5.56 Å². The van der Waals surface area contributed by atoms with Crippen molar-refractivity contribution < 1.29 is 18.7 Å². The van der Waals surface area contributed by atoms with Crippen LogP contribution in [0.2, 0.25) is 5.02 Å². The Morgan fingerprint density at radius 2 is 1.92 bits per heavy atom. The van der Waals surface area contributed by atoms with Gasteiger partial charge in [0.25, 0.3) is 5.91 Å². The summed E-state index contributed by atoms with van der Waals surface area (Å²) in [6.45, 7) is 1.62. The number of carbonyl (C=O) groups is 1. The highest BCUT2D eigenvalue weighted by molar-refractivity contribution is 6.31. The molecule has 0 spiro atoms. The van der Waals surface area contributed by atoms with Crippen molar-refractivity contribution in [2.45, 2.75) is 6.04 Å². The fraction of sp³-hybridized carbons (Fsp3) is 0.316. The van der Waals surface area contributed by atoms with Gasteiger partial charge in [0.05, 0.1) is 25.8 Å². The molecular weight excluding hydrogens is 359 g/mol. The first-order valence-corrected chi connectivity index (χ1v) is 8.62. The van der Waals surface area contributed by atoms with Crippen LogP contribution in [0, 0.1) is 5.82 Å². The molecule has 0 saturated carbocycles. The number of piperazine rings is 1. The molecule has 26 heavy (non-hydrogen) atoms. The molecule has 0 bridgehead atoms. The van der Waals surface area contributed by atoms with Gasteiger partial charge in [0.15, 0.2) is 11.5 Å². The lowest BCUT2D eigenvalue weighted by Crippen LogP contribution is -2.49. The second-order valence-corrected chi connectivity index (χ2v) is 6.33. The maximum atomic E-state index is 14.5. The highest BCUT2D eigenvalue weighted by Gasteiger charge is 2.31. The summed E-state index contributed by atoms with van der Waals surface area (Å²) in [4.78, 5) is 14.7. The summed E-state index contributed by atoms with van der Waals surface area (Å²) in [6.07, 6.45) is 0. The number of halogens is 2. The van der Waals surface area contributed by atoms with Gasteiger partial charge >= 0.3 is 0 Å². The van der Waals surface area contributed by atoms with Gasteiger partial charge in [-0.3, -0.25) is 4.79 Å². The summed E-state index contributed by atoms with van der Waals surface area (Å²) in [6, 6.07) is 9.63. The number of methoxy groups -OCH3 is 2. The van der Waals surface area contributed by atoms with E-state index in [4.69, 9.17) is 21.1 Å². The largest absolute Gasteiger partial charge is 0.493 e. The summed E-state index contributed by atoms with van der Waals surface area (Å²) < 4.78 is 24.8. The number of hydrogen-bond donors (Lipinski definition) is 1. The van der Waals surface area contributed by atoms with E-state index < -0.39 is 11.7 Å². The minimum Gasteiger partial charge on any atom is -0.493 e. The molecule has 1 unspecified atom stereocenters. The summed E-state index contributed by atoms with van der Waals surface area (Å²) in [5, 5.41) is 3.84. The Bertz CT molecular complexity index is 815. The van der Waals surface area contributed by atoms with Crippen LogP contribution < -0.4 is 14.8 Å². The van der Waals surface area contributed by atoms with E-state index in [1.807, 2.05) is 18.2 Å². The minimum atomic E-state index is -0.649. The van der Waals surface area contributed by atoms with E-state index >= 15 is 0 Å². The number of benzene rings is 2. The van der Waals surface area contributed by atoms with Crippen LogP contribution >= 0.6 is 11.6 Å². The van der Waals surface area contributed by atoms with Crippen molar-refractivity contribution in [3.8, 4) is 11.5 Å². The summed E-state index contributed by atoms with van der Waals surface area (Å²) in [7, 11) is 2.86. The lowest BCUT2D eigenvalue weighted by atomic mass is 10.0. The third-order valence-electron chi connectivity index (χ3n) is 4.47. The summed E-state index contributed by atoms with van der Waals surface area (Å²) in [5.74, 6) is -0.509. The molecule has 5 nitrogen and oxygen atoms in total. The van der Waals surface area contributed by atoms with Crippen molar-refractivity contribution in [3.05, 3.63) is 58.4 Å². The van der Waals surface area contributed by atoms with Gasteiger partial charge in [0.1, 0.15) is 5.82 Å². The number of amides is 1. The number of ether oxygens (including phenoxy) is 2. The van der Waals surface area contributed by atoms with Gasteiger partial charge in [-0.1, -0.05) is 29.8 Å². The topological polar surface area (TPSA) is 50.8 Å². The molecule has 1 saturated heterocycles. The maximum absolute atomic E-state index is 14.5. The normalized spacial score (nSPS) is 17.1. The first-order valence-electron chi connectivity index (χ1n) is 8.24. The van der Waals surface area contributed by atoms with Crippen LogP contribution in [-0.2, 0) is 0 Å². The predicted octanol–water partition coefficient (Wildman–Crippen LogP) is 3.28. The van der Waals surface area contributed by atoms with Gasteiger partial charge in [-0.25, -0.2) is 4.39 Å². The Kier molecular flexibility index (Phi) is 5.64. The van der Waals surface area contributed by atoms with Crippen LogP contribution in [0.4, 0.5) is 4.39 Å². The average molecular weight is 379 g/mol.